The van der Waals surface area contributed by atoms with E-state index in [9.17, 15) is 0 Å². The first-order valence-corrected chi connectivity index (χ1v) is 5.23. The summed E-state index contributed by atoms with van der Waals surface area (Å²) in [5.74, 6) is 1.74. The first kappa shape index (κ1) is 10.0. The summed E-state index contributed by atoms with van der Waals surface area (Å²) in [6.07, 6.45) is 2.68. The van der Waals surface area contributed by atoms with Gasteiger partial charge in [-0.15, -0.1) is 12.4 Å². The van der Waals surface area contributed by atoms with Gasteiger partial charge in [0, 0.05) is 6.54 Å². The van der Waals surface area contributed by atoms with Crippen molar-refractivity contribution in [1.82, 2.24) is 5.32 Å². The second-order valence-corrected chi connectivity index (χ2v) is 4.26. The lowest BCUT2D eigenvalue weighted by Gasteiger charge is -2.26. The van der Waals surface area contributed by atoms with Crippen LogP contribution in [0.5, 0.6) is 0 Å². The van der Waals surface area contributed by atoms with Crippen molar-refractivity contribution in [3.63, 3.8) is 0 Å². The maximum Gasteiger partial charge on any atom is 0.00230 e. The van der Waals surface area contributed by atoms with E-state index in [1.807, 2.05) is 0 Å². The zero-order valence-electron chi connectivity index (χ0n) is 8.20. The van der Waals surface area contributed by atoms with E-state index in [1.165, 1.54) is 25.9 Å². The van der Waals surface area contributed by atoms with Crippen molar-refractivity contribution in [2.75, 3.05) is 13.1 Å². The SMILES string of the molecule is Cl.c1ccc2c(c1)CC1CCNCC21. The Kier molecular flexibility index (Phi) is 2.80. The molecule has 76 valence electrons. The van der Waals surface area contributed by atoms with Crippen LogP contribution in [0.1, 0.15) is 23.5 Å². The monoisotopic (exact) mass is 209 g/mol. The smallest absolute Gasteiger partial charge is 0.00230 e. The molecule has 1 saturated heterocycles. The average Bonchev–Trinajstić information content (AvgIpc) is 2.56. The van der Waals surface area contributed by atoms with Crippen LogP contribution in [0.3, 0.4) is 0 Å². The van der Waals surface area contributed by atoms with Crippen LogP contribution in [0.15, 0.2) is 24.3 Å². The molecule has 0 amide bonds. The molecule has 1 aliphatic carbocycles. The molecule has 3 rings (SSSR count). The van der Waals surface area contributed by atoms with Crippen LogP contribution in [0.25, 0.3) is 0 Å². The van der Waals surface area contributed by atoms with Crippen LogP contribution >= 0.6 is 12.4 Å². The number of benzene rings is 1. The Bertz CT molecular complexity index is 324. The van der Waals surface area contributed by atoms with Crippen molar-refractivity contribution in [3.8, 4) is 0 Å². The van der Waals surface area contributed by atoms with Gasteiger partial charge in [0.05, 0.1) is 0 Å². The molecule has 1 nitrogen and oxygen atoms in total. The second kappa shape index (κ2) is 3.92. The molecule has 1 aliphatic heterocycles. The lowest BCUT2D eigenvalue weighted by molar-refractivity contribution is 0.347. The van der Waals surface area contributed by atoms with Gasteiger partial charge in [-0.2, -0.15) is 0 Å². The Morgan fingerprint density at radius 3 is 3.00 bits per heavy atom. The molecule has 2 aliphatic rings. The molecule has 1 fully saturated rings. The lowest BCUT2D eigenvalue weighted by Crippen LogP contribution is -2.32. The third-order valence-electron chi connectivity index (χ3n) is 3.56. The van der Waals surface area contributed by atoms with E-state index in [4.69, 9.17) is 0 Å². The fourth-order valence-corrected chi connectivity index (χ4v) is 2.89. The summed E-state index contributed by atoms with van der Waals surface area (Å²) in [4.78, 5) is 0. The van der Waals surface area contributed by atoms with Crippen molar-refractivity contribution in [1.29, 1.82) is 0 Å². The Hall–Kier alpha value is -0.530. The van der Waals surface area contributed by atoms with Gasteiger partial charge in [-0.05, 0) is 42.3 Å². The van der Waals surface area contributed by atoms with Gasteiger partial charge >= 0.3 is 0 Å². The third-order valence-corrected chi connectivity index (χ3v) is 3.56. The zero-order valence-corrected chi connectivity index (χ0v) is 9.02. The minimum atomic E-state index is 0. The summed E-state index contributed by atoms with van der Waals surface area (Å²) in [5, 5.41) is 3.50. The van der Waals surface area contributed by atoms with E-state index in [-0.39, 0.29) is 12.4 Å². The quantitative estimate of drug-likeness (QED) is 0.692. The molecule has 0 aromatic heterocycles. The first-order chi connectivity index (χ1) is 6.45. The summed E-state index contributed by atoms with van der Waals surface area (Å²) in [7, 11) is 0. The fraction of sp³-hybridized carbons (Fsp3) is 0.500. The standard InChI is InChI=1S/C12H15N.ClH/c1-2-4-11-9(3-1)7-10-5-6-13-8-12(10)11;/h1-4,10,12-13H,5-8H2;1H. The summed E-state index contributed by atoms with van der Waals surface area (Å²) in [6.45, 7) is 2.41. The highest BCUT2D eigenvalue weighted by Gasteiger charge is 2.33. The molecule has 0 saturated carbocycles. The number of nitrogens with one attached hydrogen (secondary N) is 1. The van der Waals surface area contributed by atoms with E-state index in [1.54, 1.807) is 11.1 Å². The highest BCUT2D eigenvalue weighted by atomic mass is 35.5. The molecule has 0 spiro atoms. The number of piperidine rings is 1. The summed E-state index contributed by atoms with van der Waals surface area (Å²) in [5.41, 5.74) is 3.21. The maximum atomic E-state index is 3.50. The van der Waals surface area contributed by atoms with Crippen LogP contribution in [0, 0.1) is 5.92 Å². The van der Waals surface area contributed by atoms with E-state index in [0.29, 0.717) is 0 Å². The number of hydrogen-bond acceptors (Lipinski definition) is 1. The highest BCUT2D eigenvalue weighted by molar-refractivity contribution is 5.85. The van der Waals surface area contributed by atoms with Crippen LogP contribution in [-0.2, 0) is 6.42 Å². The third kappa shape index (κ3) is 1.45. The Balaban J connectivity index is 0.000000750. The number of hydrogen-bond donors (Lipinski definition) is 1. The molecule has 14 heavy (non-hydrogen) atoms. The van der Waals surface area contributed by atoms with E-state index < -0.39 is 0 Å². The Labute approximate surface area is 91.3 Å². The van der Waals surface area contributed by atoms with Crippen LogP contribution < -0.4 is 5.32 Å². The Morgan fingerprint density at radius 2 is 2.07 bits per heavy atom. The largest absolute Gasteiger partial charge is 0.316 e. The Morgan fingerprint density at radius 1 is 1.21 bits per heavy atom. The molecule has 1 heterocycles. The molecule has 2 heteroatoms. The number of rotatable bonds is 0. The van der Waals surface area contributed by atoms with Gasteiger partial charge in [0.2, 0.25) is 0 Å². The average molecular weight is 210 g/mol. The molecule has 2 unspecified atom stereocenters. The zero-order chi connectivity index (χ0) is 8.67. The van der Waals surface area contributed by atoms with Gasteiger partial charge in [0.1, 0.15) is 0 Å². The molecular formula is C12H16ClN. The van der Waals surface area contributed by atoms with Crippen molar-refractivity contribution in [2.45, 2.75) is 18.8 Å². The first-order valence-electron chi connectivity index (χ1n) is 5.23. The predicted molar refractivity (Wildman–Crippen MR) is 61.1 cm³/mol. The lowest BCUT2D eigenvalue weighted by atomic mass is 9.87. The van der Waals surface area contributed by atoms with Crippen LogP contribution in [0.2, 0.25) is 0 Å². The molecule has 0 bridgehead atoms. The van der Waals surface area contributed by atoms with E-state index in [0.717, 1.165) is 11.8 Å². The van der Waals surface area contributed by atoms with Gasteiger partial charge in [-0.3, -0.25) is 0 Å². The normalized spacial score (nSPS) is 28.9. The predicted octanol–water partition coefficient (Wildman–Crippen LogP) is 2.36. The molecule has 0 radical (unpaired) electrons. The molecule has 1 N–H and O–H groups in total. The van der Waals surface area contributed by atoms with Crippen LogP contribution in [-0.4, -0.2) is 13.1 Å². The minimum Gasteiger partial charge on any atom is -0.316 e. The van der Waals surface area contributed by atoms with E-state index in [2.05, 4.69) is 29.6 Å². The number of halogens is 1. The van der Waals surface area contributed by atoms with Crippen LogP contribution in [0.4, 0.5) is 0 Å². The molecular weight excluding hydrogens is 194 g/mol. The summed E-state index contributed by atoms with van der Waals surface area (Å²) in [6, 6.07) is 8.96. The second-order valence-electron chi connectivity index (χ2n) is 4.26. The van der Waals surface area contributed by atoms with Gasteiger partial charge in [0.25, 0.3) is 0 Å². The maximum absolute atomic E-state index is 3.50. The minimum absolute atomic E-state index is 0. The van der Waals surface area contributed by atoms with E-state index >= 15 is 0 Å². The van der Waals surface area contributed by atoms with Gasteiger partial charge < -0.3 is 5.32 Å². The van der Waals surface area contributed by atoms with Gasteiger partial charge in [-0.25, -0.2) is 0 Å². The van der Waals surface area contributed by atoms with Gasteiger partial charge in [0.15, 0.2) is 0 Å². The van der Waals surface area contributed by atoms with Crippen molar-refractivity contribution < 1.29 is 0 Å². The van der Waals surface area contributed by atoms with Gasteiger partial charge in [-0.1, -0.05) is 24.3 Å². The fourth-order valence-electron chi connectivity index (χ4n) is 2.89. The van der Waals surface area contributed by atoms with Crippen molar-refractivity contribution >= 4 is 12.4 Å². The van der Waals surface area contributed by atoms with Crippen molar-refractivity contribution in [2.24, 2.45) is 5.92 Å². The summed E-state index contributed by atoms with van der Waals surface area (Å²) >= 11 is 0. The molecule has 1 aromatic carbocycles. The highest BCUT2D eigenvalue weighted by Crippen LogP contribution is 2.40. The molecule has 2 atom stereocenters. The van der Waals surface area contributed by atoms with Crippen molar-refractivity contribution in [3.05, 3.63) is 35.4 Å². The summed E-state index contributed by atoms with van der Waals surface area (Å²) < 4.78 is 0. The molecule has 1 aromatic rings. The number of fused-ring (bicyclic) bond motifs is 3. The topological polar surface area (TPSA) is 12.0 Å².